The minimum atomic E-state index is -0.442. The zero-order valence-electron chi connectivity index (χ0n) is 8.88. The molecule has 18 heavy (non-hydrogen) atoms. The van der Waals surface area contributed by atoms with Crippen molar-refractivity contribution in [2.45, 2.75) is 6.42 Å². The number of halogens is 3. The van der Waals surface area contributed by atoms with Gasteiger partial charge in [-0.2, -0.15) is 4.98 Å². The molecular formula is C11H7BrCl2N2O2. The number of rotatable bonds is 2. The number of H-pyrrole nitrogens is 1. The number of aromatic nitrogens is 2. The van der Waals surface area contributed by atoms with Gasteiger partial charge in [0.05, 0.1) is 0 Å². The molecule has 1 heterocycles. The summed E-state index contributed by atoms with van der Waals surface area (Å²) in [7, 11) is 0. The summed E-state index contributed by atoms with van der Waals surface area (Å²) in [5, 5.41) is 10.5. The Hall–Kier alpha value is -1.04. The van der Waals surface area contributed by atoms with E-state index in [-0.39, 0.29) is 10.4 Å². The zero-order chi connectivity index (χ0) is 13.3. The summed E-state index contributed by atoms with van der Waals surface area (Å²) in [4.78, 5) is 17.8. The van der Waals surface area contributed by atoms with Gasteiger partial charge in [0, 0.05) is 16.5 Å². The summed E-state index contributed by atoms with van der Waals surface area (Å²) < 4.78 is 0.00783. The quantitative estimate of drug-likeness (QED) is 0.875. The fourth-order valence-electron chi connectivity index (χ4n) is 1.42. The molecule has 2 aromatic rings. The Morgan fingerprint density at radius 1 is 1.39 bits per heavy atom. The van der Waals surface area contributed by atoms with Crippen LogP contribution in [-0.2, 0) is 6.42 Å². The lowest BCUT2D eigenvalue weighted by Crippen LogP contribution is -2.12. The van der Waals surface area contributed by atoms with Crippen molar-refractivity contribution in [1.82, 2.24) is 9.97 Å². The lowest BCUT2D eigenvalue weighted by molar-refractivity contribution is 0.444. The third-order valence-corrected chi connectivity index (χ3v) is 3.57. The van der Waals surface area contributed by atoms with E-state index < -0.39 is 5.56 Å². The monoisotopic (exact) mass is 348 g/mol. The van der Waals surface area contributed by atoms with Crippen molar-refractivity contribution in [3.63, 3.8) is 0 Å². The molecule has 94 valence electrons. The number of aromatic amines is 1. The smallest absolute Gasteiger partial charge is 0.269 e. The minimum absolute atomic E-state index is 0.00783. The molecule has 2 rings (SSSR count). The van der Waals surface area contributed by atoms with Gasteiger partial charge in [0.1, 0.15) is 10.3 Å². The van der Waals surface area contributed by atoms with Crippen molar-refractivity contribution in [3.8, 4) is 5.88 Å². The number of nitrogens with one attached hydrogen (secondary N) is 1. The van der Waals surface area contributed by atoms with Gasteiger partial charge in [0.2, 0.25) is 5.88 Å². The molecule has 0 aliphatic rings. The van der Waals surface area contributed by atoms with Crippen molar-refractivity contribution in [1.29, 1.82) is 0 Å². The van der Waals surface area contributed by atoms with Crippen molar-refractivity contribution in [2.24, 2.45) is 0 Å². The molecule has 1 aromatic carbocycles. The third kappa shape index (κ3) is 2.85. The van der Waals surface area contributed by atoms with Crippen molar-refractivity contribution >= 4 is 39.1 Å². The van der Waals surface area contributed by atoms with Crippen LogP contribution in [0.3, 0.4) is 0 Å². The molecule has 0 fully saturated rings. The van der Waals surface area contributed by atoms with Gasteiger partial charge in [-0.15, -0.1) is 0 Å². The molecule has 0 atom stereocenters. The SMILES string of the molecule is O=c1[nH]c(Cc2ccc(Cl)cc2Cl)nc(O)c1Br. The molecule has 0 unspecified atom stereocenters. The molecule has 0 aliphatic carbocycles. The molecule has 0 spiro atoms. The van der Waals surface area contributed by atoms with Crippen LogP contribution in [0.2, 0.25) is 10.0 Å². The van der Waals surface area contributed by atoms with Gasteiger partial charge in [-0.3, -0.25) is 4.79 Å². The summed E-state index contributed by atoms with van der Waals surface area (Å²) in [6.45, 7) is 0. The summed E-state index contributed by atoms with van der Waals surface area (Å²) in [6.07, 6.45) is 0.298. The van der Waals surface area contributed by atoms with Crippen LogP contribution in [0.5, 0.6) is 5.88 Å². The third-order valence-electron chi connectivity index (χ3n) is 2.27. The van der Waals surface area contributed by atoms with Crippen LogP contribution >= 0.6 is 39.1 Å². The van der Waals surface area contributed by atoms with E-state index in [9.17, 15) is 9.90 Å². The van der Waals surface area contributed by atoms with E-state index in [4.69, 9.17) is 23.2 Å². The molecule has 0 saturated heterocycles. The van der Waals surface area contributed by atoms with Gasteiger partial charge in [-0.05, 0) is 33.6 Å². The second-order valence-corrected chi connectivity index (χ2v) is 5.20. The van der Waals surface area contributed by atoms with Crippen LogP contribution in [0.1, 0.15) is 11.4 Å². The van der Waals surface area contributed by atoms with Crippen LogP contribution in [0.15, 0.2) is 27.5 Å². The lowest BCUT2D eigenvalue weighted by Gasteiger charge is -2.05. The van der Waals surface area contributed by atoms with Crippen LogP contribution < -0.4 is 5.56 Å². The lowest BCUT2D eigenvalue weighted by atomic mass is 10.1. The average Bonchev–Trinajstić information content (AvgIpc) is 2.29. The first kappa shape index (κ1) is 13.4. The van der Waals surface area contributed by atoms with E-state index >= 15 is 0 Å². The standard InChI is InChI=1S/C11H7BrCl2N2O2/c12-9-10(17)15-8(16-11(9)18)3-5-1-2-6(13)4-7(5)14/h1-2,4H,3H2,(H2,15,16,17,18). The normalized spacial score (nSPS) is 10.6. The van der Waals surface area contributed by atoms with E-state index in [0.29, 0.717) is 22.3 Å². The van der Waals surface area contributed by atoms with Crippen LogP contribution in [-0.4, -0.2) is 15.1 Å². The first-order chi connectivity index (χ1) is 8.47. The summed E-state index contributed by atoms with van der Waals surface area (Å²) in [6, 6.07) is 5.04. The fourth-order valence-corrected chi connectivity index (χ4v) is 2.08. The van der Waals surface area contributed by atoms with Gasteiger partial charge in [0.25, 0.3) is 5.56 Å². The van der Waals surface area contributed by atoms with Gasteiger partial charge in [-0.25, -0.2) is 0 Å². The Kier molecular flexibility index (Phi) is 3.94. The predicted molar refractivity (Wildman–Crippen MR) is 73.5 cm³/mol. The Bertz CT molecular complexity index is 658. The first-order valence-electron chi connectivity index (χ1n) is 4.89. The minimum Gasteiger partial charge on any atom is -0.492 e. The summed E-state index contributed by atoms with van der Waals surface area (Å²) in [5.74, 6) is -0.0243. The van der Waals surface area contributed by atoms with Crippen LogP contribution in [0.4, 0.5) is 0 Å². The molecule has 0 bridgehead atoms. The van der Waals surface area contributed by atoms with Crippen LogP contribution in [0, 0.1) is 0 Å². The molecule has 1 aromatic heterocycles. The maximum Gasteiger partial charge on any atom is 0.269 e. The van der Waals surface area contributed by atoms with E-state index in [2.05, 4.69) is 25.9 Å². The average molecular weight is 350 g/mol. The van der Waals surface area contributed by atoms with E-state index in [1.165, 1.54) is 0 Å². The highest BCUT2D eigenvalue weighted by atomic mass is 79.9. The summed E-state index contributed by atoms with van der Waals surface area (Å²) in [5.41, 5.74) is 0.313. The number of hydrogen-bond donors (Lipinski definition) is 2. The van der Waals surface area contributed by atoms with Gasteiger partial charge >= 0.3 is 0 Å². The van der Waals surface area contributed by atoms with E-state index in [0.717, 1.165) is 5.56 Å². The van der Waals surface area contributed by atoms with Crippen LogP contribution in [0.25, 0.3) is 0 Å². The van der Waals surface area contributed by atoms with Crippen molar-refractivity contribution in [2.75, 3.05) is 0 Å². The maximum absolute atomic E-state index is 11.4. The largest absolute Gasteiger partial charge is 0.492 e. The fraction of sp³-hybridized carbons (Fsp3) is 0.0909. The number of aromatic hydroxyl groups is 1. The Labute approximate surface area is 121 Å². The highest BCUT2D eigenvalue weighted by Gasteiger charge is 2.09. The predicted octanol–water partition coefficient (Wildman–Crippen LogP) is 3.14. The molecule has 0 radical (unpaired) electrons. The van der Waals surface area contributed by atoms with Crippen molar-refractivity contribution < 1.29 is 5.11 Å². The van der Waals surface area contributed by atoms with Gasteiger partial charge < -0.3 is 10.1 Å². The second-order valence-electron chi connectivity index (χ2n) is 3.56. The van der Waals surface area contributed by atoms with Gasteiger partial charge in [-0.1, -0.05) is 29.3 Å². The molecule has 0 amide bonds. The number of benzene rings is 1. The summed E-state index contributed by atoms with van der Waals surface area (Å²) >= 11 is 14.7. The van der Waals surface area contributed by atoms with Crippen molar-refractivity contribution in [3.05, 3.63) is 54.5 Å². The maximum atomic E-state index is 11.4. The molecule has 7 heteroatoms. The Morgan fingerprint density at radius 3 is 2.72 bits per heavy atom. The van der Waals surface area contributed by atoms with E-state index in [1.807, 2.05) is 0 Å². The Morgan fingerprint density at radius 2 is 2.11 bits per heavy atom. The first-order valence-corrected chi connectivity index (χ1v) is 6.44. The molecular weight excluding hydrogens is 343 g/mol. The van der Waals surface area contributed by atoms with Gasteiger partial charge in [0.15, 0.2) is 0 Å². The molecule has 0 aliphatic heterocycles. The number of hydrogen-bond acceptors (Lipinski definition) is 3. The topological polar surface area (TPSA) is 66.0 Å². The Balaban J connectivity index is 2.37. The number of nitrogens with zero attached hydrogens (tertiary/aromatic N) is 1. The highest BCUT2D eigenvalue weighted by Crippen LogP contribution is 2.23. The highest BCUT2D eigenvalue weighted by molar-refractivity contribution is 9.10. The second kappa shape index (κ2) is 5.30. The molecule has 0 saturated carbocycles. The molecule has 4 nitrogen and oxygen atoms in total. The zero-order valence-corrected chi connectivity index (χ0v) is 12.0. The molecule has 2 N–H and O–H groups in total. The van der Waals surface area contributed by atoms with E-state index in [1.54, 1.807) is 18.2 Å².